The van der Waals surface area contributed by atoms with E-state index in [2.05, 4.69) is 10.1 Å². The van der Waals surface area contributed by atoms with E-state index in [9.17, 15) is 9.00 Å². The van der Waals surface area contributed by atoms with Gasteiger partial charge in [0.15, 0.2) is 9.99 Å². The van der Waals surface area contributed by atoms with Crippen molar-refractivity contribution in [1.29, 1.82) is 0 Å². The lowest BCUT2D eigenvalue weighted by Gasteiger charge is -2.07. The van der Waals surface area contributed by atoms with E-state index in [0.717, 1.165) is 21.4 Å². The number of thiazole rings is 1. The van der Waals surface area contributed by atoms with E-state index < -0.39 is 10.8 Å². The topological polar surface area (TPSA) is 79.0 Å². The molecule has 0 bridgehead atoms. The van der Waals surface area contributed by atoms with E-state index in [-0.39, 0.29) is 5.56 Å². The lowest BCUT2D eigenvalue weighted by Crippen LogP contribution is -2.24. The number of benzene rings is 1. The van der Waals surface area contributed by atoms with Gasteiger partial charge in [-0.2, -0.15) is 5.10 Å². The number of rotatable bonds is 4. The van der Waals surface area contributed by atoms with Crippen LogP contribution in [0.15, 0.2) is 39.6 Å². The first-order valence-corrected chi connectivity index (χ1v) is 10.2. The zero-order valence-corrected chi connectivity index (χ0v) is 16.1. The second kappa shape index (κ2) is 6.33. The quantitative estimate of drug-likeness (QED) is 0.535. The van der Waals surface area contributed by atoms with Gasteiger partial charge in [0.05, 0.1) is 35.4 Å². The monoisotopic (exact) mass is 388 g/mol. The van der Waals surface area contributed by atoms with E-state index in [4.69, 9.17) is 4.74 Å². The molecule has 3 heterocycles. The first kappa shape index (κ1) is 16.9. The van der Waals surface area contributed by atoms with Gasteiger partial charge in [-0.25, -0.2) is 9.67 Å². The third kappa shape index (κ3) is 2.63. The van der Waals surface area contributed by atoms with Crippen molar-refractivity contribution in [1.82, 2.24) is 19.3 Å². The highest BCUT2D eigenvalue weighted by molar-refractivity contribution is 7.86. The summed E-state index contributed by atoms with van der Waals surface area (Å²) in [6, 6.07) is 7.54. The highest BCUT2D eigenvalue weighted by Gasteiger charge is 2.19. The summed E-state index contributed by atoms with van der Waals surface area (Å²) in [7, 11) is 2.25. The van der Waals surface area contributed by atoms with Gasteiger partial charge < -0.3 is 9.30 Å². The molecule has 0 aliphatic heterocycles. The van der Waals surface area contributed by atoms with Gasteiger partial charge in [0.2, 0.25) is 0 Å². The van der Waals surface area contributed by atoms with Gasteiger partial charge in [-0.1, -0.05) is 12.1 Å². The third-order valence-corrected chi connectivity index (χ3v) is 6.63. The Labute approximate surface area is 155 Å². The zero-order valence-electron chi connectivity index (χ0n) is 14.4. The molecule has 0 saturated heterocycles. The summed E-state index contributed by atoms with van der Waals surface area (Å²) in [5.74, 6) is 0.736. The van der Waals surface area contributed by atoms with Crippen LogP contribution in [-0.4, -0.2) is 36.9 Å². The van der Waals surface area contributed by atoms with Crippen molar-refractivity contribution in [3.05, 3.63) is 46.4 Å². The number of hydrogen-bond acceptors (Lipinski definition) is 6. The molecule has 1 unspecified atom stereocenters. The SMILES string of the molecule is COc1cccc(Cn2ncc3c4sc(S(C)=O)nc4n(C)c3c2=O)c1. The van der Waals surface area contributed by atoms with Crippen LogP contribution in [0.2, 0.25) is 0 Å². The molecule has 7 nitrogen and oxygen atoms in total. The van der Waals surface area contributed by atoms with Crippen molar-refractivity contribution in [3.8, 4) is 5.75 Å². The fourth-order valence-corrected chi connectivity index (χ4v) is 4.72. The van der Waals surface area contributed by atoms with Gasteiger partial charge >= 0.3 is 0 Å². The molecule has 1 atom stereocenters. The van der Waals surface area contributed by atoms with Crippen molar-refractivity contribution >= 4 is 43.4 Å². The van der Waals surface area contributed by atoms with Crippen molar-refractivity contribution in [2.45, 2.75) is 10.9 Å². The van der Waals surface area contributed by atoms with Crippen LogP contribution in [-0.2, 0) is 24.4 Å². The number of hydrogen-bond donors (Lipinski definition) is 0. The number of nitrogens with zero attached hydrogens (tertiary/aromatic N) is 4. The first-order valence-electron chi connectivity index (χ1n) is 7.81. The lowest BCUT2D eigenvalue weighted by atomic mass is 10.2. The third-order valence-electron chi connectivity index (χ3n) is 4.22. The Morgan fingerprint density at radius 2 is 2.15 bits per heavy atom. The maximum atomic E-state index is 13.0. The molecule has 0 saturated carbocycles. The first-order chi connectivity index (χ1) is 12.5. The molecule has 0 aliphatic carbocycles. The molecule has 26 heavy (non-hydrogen) atoms. The van der Waals surface area contributed by atoms with Crippen molar-refractivity contribution in [3.63, 3.8) is 0 Å². The summed E-state index contributed by atoms with van der Waals surface area (Å²) >= 11 is 1.34. The summed E-state index contributed by atoms with van der Waals surface area (Å²) in [6.45, 7) is 0.350. The molecule has 134 valence electrons. The Kier molecular flexibility index (Phi) is 4.12. The highest BCUT2D eigenvalue weighted by atomic mass is 32.2. The Morgan fingerprint density at radius 1 is 1.35 bits per heavy atom. The molecule has 0 fully saturated rings. The van der Waals surface area contributed by atoms with Gasteiger partial charge in [-0.15, -0.1) is 11.3 Å². The number of methoxy groups -OCH3 is 1. The van der Waals surface area contributed by atoms with Crippen LogP contribution in [0.4, 0.5) is 0 Å². The average molecular weight is 388 g/mol. The van der Waals surface area contributed by atoms with Crippen molar-refractivity contribution in [2.24, 2.45) is 7.05 Å². The zero-order chi connectivity index (χ0) is 18.4. The minimum atomic E-state index is -1.15. The molecule has 4 aromatic rings. The molecule has 0 amide bonds. The van der Waals surface area contributed by atoms with E-state index in [1.54, 1.807) is 31.2 Å². The summed E-state index contributed by atoms with van der Waals surface area (Å²) in [6.07, 6.45) is 3.28. The number of aromatic nitrogens is 4. The average Bonchev–Trinajstić information content (AvgIpc) is 3.18. The maximum Gasteiger partial charge on any atom is 0.291 e. The van der Waals surface area contributed by atoms with Gasteiger partial charge in [0, 0.05) is 18.7 Å². The summed E-state index contributed by atoms with van der Waals surface area (Å²) in [4.78, 5) is 17.4. The fourth-order valence-electron chi connectivity index (χ4n) is 2.95. The largest absolute Gasteiger partial charge is 0.497 e. The molecule has 4 rings (SSSR count). The predicted molar refractivity (Wildman–Crippen MR) is 103 cm³/mol. The van der Waals surface area contributed by atoms with E-state index in [0.29, 0.717) is 22.0 Å². The molecule has 1 aromatic carbocycles. The minimum Gasteiger partial charge on any atom is -0.497 e. The van der Waals surface area contributed by atoms with Crippen LogP contribution >= 0.6 is 11.3 Å². The van der Waals surface area contributed by atoms with Crippen LogP contribution in [0, 0.1) is 0 Å². The fraction of sp³-hybridized carbons (Fsp3) is 0.235. The highest BCUT2D eigenvalue weighted by Crippen LogP contribution is 2.31. The summed E-state index contributed by atoms with van der Waals surface area (Å²) in [5.41, 5.74) is 1.95. The van der Waals surface area contributed by atoms with Gasteiger partial charge in [-0.05, 0) is 17.7 Å². The van der Waals surface area contributed by atoms with Crippen LogP contribution in [0.5, 0.6) is 5.75 Å². The second-order valence-corrected chi connectivity index (χ2v) is 8.42. The van der Waals surface area contributed by atoms with E-state index in [1.807, 2.05) is 24.3 Å². The van der Waals surface area contributed by atoms with E-state index >= 15 is 0 Å². The molecule has 0 aliphatic rings. The molecular weight excluding hydrogens is 372 g/mol. The molecule has 0 radical (unpaired) electrons. The molecular formula is C17H16N4O3S2. The lowest BCUT2D eigenvalue weighted by molar-refractivity contribution is 0.414. The minimum absolute atomic E-state index is 0.183. The van der Waals surface area contributed by atoms with E-state index in [1.165, 1.54) is 16.0 Å². The Hall–Kier alpha value is -2.52. The normalized spacial score (nSPS) is 12.7. The van der Waals surface area contributed by atoms with Gasteiger partial charge in [-0.3, -0.25) is 9.00 Å². The molecule has 0 spiro atoms. The molecule has 9 heteroatoms. The molecule has 3 aromatic heterocycles. The maximum absolute atomic E-state index is 13.0. The smallest absolute Gasteiger partial charge is 0.291 e. The Balaban J connectivity index is 1.85. The van der Waals surface area contributed by atoms with Crippen molar-refractivity contribution in [2.75, 3.05) is 13.4 Å². The standard InChI is InChI=1S/C17H16N4O3S2/c1-20-13-12(14-15(20)19-17(25-14)26(3)23)8-18-21(16(13)22)9-10-5-4-6-11(7-10)24-2/h4-8H,9H2,1-3H3. The van der Waals surface area contributed by atoms with Crippen LogP contribution in [0.1, 0.15) is 5.56 Å². The van der Waals surface area contributed by atoms with Crippen LogP contribution in [0.3, 0.4) is 0 Å². The summed E-state index contributed by atoms with van der Waals surface area (Å²) in [5, 5.41) is 5.07. The van der Waals surface area contributed by atoms with Crippen molar-refractivity contribution < 1.29 is 8.95 Å². The van der Waals surface area contributed by atoms with Crippen LogP contribution in [0.25, 0.3) is 21.3 Å². The number of ether oxygens (including phenoxy) is 1. The second-order valence-electron chi connectivity index (χ2n) is 5.87. The van der Waals surface area contributed by atoms with Gasteiger partial charge in [0.1, 0.15) is 11.3 Å². The summed E-state index contributed by atoms with van der Waals surface area (Å²) < 4.78 is 21.5. The number of fused-ring (bicyclic) bond motifs is 3. The van der Waals surface area contributed by atoms with Gasteiger partial charge in [0.25, 0.3) is 5.56 Å². The Morgan fingerprint density at radius 3 is 2.88 bits per heavy atom. The predicted octanol–water partition coefficient (Wildman–Crippen LogP) is 2.14. The number of aryl methyl sites for hydroxylation is 1. The van der Waals surface area contributed by atoms with Crippen LogP contribution < -0.4 is 10.3 Å². The Bertz CT molecular complexity index is 1220. The molecule has 0 N–H and O–H groups in total.